The van der Waals surface area contributed by atoms with E-state index in [9.17, 15) is 19.5 Å². The number of benzene rings is 2. The molecule has 1 aromatic heterocycles. The van der Waals surface area contributed by atoms with Crippen LogP contribution in [-0.4, -0.2) is 35.4 Å². The van der Waals surface area contributed by atoms with E-state index in [1.165, 1.54) is 25.3 Å². The number of carbonyl (C=O) groups is 3. The van der Waals surface area contributed by atoms with Crippen molar-refractivity contribution in [1.29, 1.82) is 0 Å². The average Bonchev–Trinajstić information content (AvgIpc) is 3.08. The van der Waals surface area contributed by atoms with Gasteiger partial charge >= 0.3 is 5.97 Å². The van der Waals surface area contributed by atoms with Crippen molar-refractivity contribution in [3.8, 4) is 5.75 Å². The number of hydrogen-bond acceptors (Lipinski definition) is 6. The molecule has 2 aromatic carbocycles. The fourth-order valence-corrected chi connectivity index (χ4v) is 2.94. The van der Waals surface area contributed by atoms with E-state index in [1.807, 2.05) is 30.3 Å². The molecule has 0 aliphatic heterocycles. The number of carbonyl (C=O) groups excluding carboxylic acids is 3. The quantitative estimate of drug-likeness (QED) is 0.568. The number of aromatic hydroxyl groups is 1. The molecule has 150 valence electrons. The number of nitrogens with one attached hydrogen (secondary N) is 1. The van der Waals surface area contributed by atoms with Gasteiger partial charge in [0.1, 0.15) is 11.3 Å². The van der Waals surface area contributed by atoms with Gasteiger partial charge < -0.3 is 19.6 Å². The number of hydrogen-bond donors (Lipinski definition) is 2. The van der Waals surface area contributed by atoms with Crippen LogP contribution in [0, 0.1) is 0 Å². The standard InChI is InChI=1S/C22H21NO6/c1-14(24)19(9-15-5-3-2-4-6-15)23-21(26)13-29-22(27)10-16-12-28-20-11-17(25)7-8-18(16)20/h2-8,11-12,19,25H,9-10,13H2,1H3,(H,23,26)/t19-/m1/s1. The Morgan fingerprint density at radius 3 is 2.62 bits per heavy atom. The lowest BCUT2D eigenvalue weighted by atomic mass is 10.0. The van der Waals surface area contributed by atoms with Crippen LogP contribution in [0.25, 0.3) is 11.0 Å². The number of furan rings is 1. The van der Waals surface area contributed by atoms with Gasteiger partial charge in [-0.25, -0.2) is 0 Å². The first kappa shape index (κ1) is 20.1. The summed E-state index contributed by atoms with van der Waals surface area (Å²) in [6.07, 6.45) is 1.70. The molecule has 3 rings (SSSR count). The second kappa shape index (κ2) is 9.05. The van der Waals surface area contributed by atoms with Crippen LogP contribution < -0.4 is 5.32 Å². The van der Waals surface area contributed by atoms with Crippen molar-refractivity contribution in [3.63, 3.8) is 0 Å². The molecule has 0 saturated heterocycles. The summed E-state index contributed by atoms with van der Waals surface area (Å²) >= 11 is 0. The first-order chi connectivity index (χ1) is 13.9. The van der Waals surface area contributed by atoms with Crippen LogP contribution in [0.15, 0.2) is 59.2 Å². The summed E-state index contributed by atoms with van der Waals surface area (Å²) in [6, 6.07) is 13.2. The van der Waals surface area contributed by atoms with Crippen molar-refractivity contribution >= 4 is 28.6 Å². The van der Waals surface area contributed by atoms with Gasteiger partial charge in [-0.05, 0) is 31.0 Å². The Morgan fingerprint density at radius 1 is 1.14 bits per heavy atom. The molecule has 0 aliphatic rings. The van der Waals surface area contributed by atoms with Gasteiger partial charge in [-0.3, -0.25) is 14.4 Å². The van der Waals surface area contributed by atoms with Crippen LogP contribution in [0.4, 0.5) is 0 Å². The van der Waals surface area contributed by atoms with Gasteiger partial charge in [-0.1, -0.05) is 30.3 Å². The first-order valence-corrected chi connectivity index (χ1v) is 9.11. The van der Waals surface area contributed by atoms with Gasteiger partial charge in [0.25, 0.3) is 5.91 Å². The first-order valence-electron chi connectivity index (χ1n) is 9.11. The molecular formula is C22H21NO6. The molecule has 7 nitrogen and oxygen atoms in total. The van der Waals surface area contributed by atoms with E-state index in [4.69, 9.17) is 9.15 Å². The minimum absolute atomic E-state index is 0.0631. The summed E-state index contributed by atoms with van der Waals surface area (Å²) in [5.41, 5.74) is 1.97. The fraction of sp³-hybridized carbons (Fsp3) is 0.227. The second-order valence-corrected chi connectivity index (χ2v) is 6.70. The highest BCUT2D eigenvalue weighted by molar-refractivity contribution is 5.90. The molecule has 0 unspecified atom stereocenters. The van der Waals surface area contributed by atoms with Gasteiger partial charge in [-0.15, -0.1) is 0 Å². The molecule has 29 heavy (non-hydrogen) atoms. The number of esters is 1. The maximum atomic E-state index is 12.1. The van der Waals surface area contributed by atoms with E-state index < -0.39 is 24.5 Å². The summed E-state index contributed by atoms with van der Waals surface area (Å²) in [4.78, 5) is 36.0. The van der Waals surface area contributed by atoms with Gasteiger partial charge in [-0.2, -0.15) is 0 Å². The topological polar surface area (TPSA) is 106 Å². The number of phenols is 1. The van der Waals surface area contributed by atoms with E-state index in [-0.39, 0.29) is 18.0 Å². The van der Waals surface area contributed by atoms with Crippen molar-refractivity contribution in [1.82, 2.24) is 5.32 Å². The van der Waals surface area contributed by atoms with Crippen molar-refractivity contribution in [2.45, 2.75) is 25.8 Å². The van der Waals surface area contributed by atoms with E-state index >= 15 is 0 Å². The maximum absolute atomic E-state index is 12.1. The normalized spacial score (nSPS) is 11.8. The molecule has 0 fully saturated rings. The highest BCUT2D eigenvalue weighted by atomic mass is 16.5. The molecule has 0 aliphatic carbocycles. The molecule has 0 saturated carbocycles. The second-order valence-electron chi connectivity index (χ2n) is 6.70. The number of Topliss-reactive ketones (excluding diaryl/α,β-unsaturated/α-hetero) is 1. The number of amides is 1. The number of ketones is 1. The molecule has 3 aromatic rings. The van der Waals surface area contributed by atoms with Gasteiger partial charge in [0.05, 0.1) is 18.7 Å². The minimum Gasteiger partial charge on any atom is -0.508 e. The van der Waals surface area contributed by atoms with Crippen LogP contribution in [-0.2, 0) is 32.0 Å². The van der Waals surface area contributed by atoms with Crippen molar-refractivity contribution in [2.24, 2.45) is 0 Å². The molecule has 1 atom stereocenters. The number of ether oxygens (including phenoxy) is 1. The Morgan fingerprint density at radius 2 is 1.90 bits per heavy atom. The highest BCUT2D eigenvalue weighted by Gasteiger charge is 2.19. The van der Waals surface area contributed by atoms with Crippen LogP contribution in [0.2, 0.25) is 0 Å². The Bertz CT molecular complexity index is 1020. The van der Waals surface area contributed by atoms with E-state index in [0.717, 1.165) is 5.56 Å². The van der Waals surface area contributed by atoms with Crippen LogP contribution >= 0.6 is 0 Å². The summed E-state index contributed by atoms with van der Waals surface area (Å²) < 4.78 is 10.3. The lowest BCUT2D eigenvalue weighted by molar-refractivity contribution is -0.148. The molecular weight excluding hydrogens is 374 g/mol. The van der Waals surface area contributed by atoms with E-state index in [1.54, 1.807) is 6.07 Å². The Labute approximate surface area is 167 Å². The number of phenolic OH excluding ortho intramolecular Hbond substituents is 1. The highest BCUT2D eigenvalue weighted by Crippen LogP contribution is 2.25. The smallest absolute Gasteiger partial charge is 0.310 e. The lowest BCUT2D eigenvalue weighted by Crippen LogP contribution is -2.43. The fourth-order valence-electron chi connectivity index (χ4n) is 2.94. The Kier molecular flexibility index (Phi) is 6.29. The molecule has 0 bridgehead atoms. The maximum Gasteiger partial charge on any atom is 0.310 e. The summed E-state index contributed by atoms with van der Waals surface area (Å²) in [7, 11) is 0. The Hall–Kier alpha value is -3.61. The van der Waals surface area contributed by atoms with Crippen LogP contribution in [0.5, 0.6) is 5.75 Å². The summed E-state index contributed by atoms with van der Waals surface area (Å²) in [5, 5.41) is 12.7. The molecule has 0 spiro atoms. The zero-order valence-electron chi connectivity index (χ0n) is 15.9. The molecule has 1 amide bonds. The zero-order chi connectivity index (χ0) is 20.8. The third-order valence-corrected chi connectivity index (χ3v) is 4.45. The van der Waals surface area contributed by atoms with E-state index in [2.05, 4.69) is 5.32 Å². The van der Waals surface area contributed by atoms with Crippen molar-refractivity contribution in [3.05, 3.63) is 65.9 Å². The number of fused-ring (bicyclic) bond motifs is 1. The van der Waals surface area contributed by atoms with Crippen LogP contribution in [0.1, 0.15) is 18.1 Å². The zero-order valence-corrected chi connectivity index (χ0v) is 15.9. The lowest BCUT2D eigenvalue weighted by Gasteiger charge is -2.16. The molecule has 7 heteroatoms. The number of rotatable bonds is 8. The predicted molar refractivity (Wildman–Crippen MR) is 105 cm³/mol. The third-order valence-electron chi connectivity index (χ3n) is 4.45. The van der Waals surface area contributed by atoms with Gasteiger partial charge in [0.15, 0.2) is 12.4 Å². The van der Waals surface area contributed by atoms with E-state index in [0.29, 0.717) is 23.0 Å². The Balaban J connectivity index is 1.52. The molecule has 1 heterocycles. The third kappa shape index (κ3) is 5.44. The van der Waals surface area contributed by atoms with Crippen LogP contribution in [0.3, 0.4) is 0 Å². The monoisotopic (exact) mass is 395 g/mol. The summed E-state index contributed by atoms with van der Waals surface area (Å²) in [5.74, 6) is -1.26. The minimum atomic E-state index is -0.686. The van der Waals surface area contributed by atoms with Gasteiger partial charge in [0, 0.05) is 17.0 Å². The summed E-state index contributed by atoms with van der Waals surface area (Å²) in [6.45, 7) is 0.926. The SMILES string of the molecule is CC(=O)[C@@H](Cc1ccccc1)NC(=O)COC(=O)Cc1coc2cc(O)ccc12. The van der Waals surface area contributed by atoms with Crippen molar-refractivity contribution < 1.29 is 28.6 Å². The molecule has 2 N–H and O–H groups in total. The van der Waals surface area contributed by atoms with Crippen molar-refractivity contribution in [2.75, 3.05) is 6.61 Å². The average molecular weight is 395 g/mol. The van der Waals surface area contributed by atoms with Gasteiger partial charge in [0.2, 0.25) is 0 Å². The molecule has 0 radical (unpaired) electrons. The largest absolute Gasteiger partial charge is 0.508 e. The predicted octanol–water partition coefficient (Wildman–Crippen LogP) is 2.54.